The first kappa shape index (κ1) is 12.2. The van der Waals surface area contributed by atoms with Gasteiger partial charge in [-0.3, -0.25) is 0 Å². The summed E-state index contributed by atoms with van der Waals surface area (Å²) in [5.41, 5.74) is 6.18. The van der Waals surface area contributed by atoms with E-state index >= 15 is 0 Å². The Morgan fingerprint density at radius 1 is 1.12 bits per heavy atom. The van der Waals surface area contributed by atoms with Crippen molar-refractivity contribution in [3.05, 3.63) is 54.3 Å². The Morgan fingerprint density at radius 2 is 1.75 bits per heavy atom. The largest absolute Gasteiger partial charge is 0.399 e. The molecule has 1 aliphatic rings. The van der Waals surface area contributed by atoms with E-state index in [9.17, 15) is 13.3 Å². The lowest BCUT2D eigenvalue weighted by molar-refractivity contribution is 0.0483. The number of anilines is 1. The SMILES string of the molecule is FC1=CCN(F)C(F)=C1.Nc1ccccc1. The molecule has 0 radical (unpaired) electrons. The summed E-state index contributed by atoms with van der Waals surface area (Å²) in [6, 6.07) is 9.49. The summed E-state index contributed by atoms with van der Waals surface area (Å²) in [6.07, 6.45) is 1.44. The minimum atomic E-state index is -1.19. The van der Waals surface area contributed by atoms with E-state index in [1.165, 1.54) is 0 Å². The fraction of sp³-hybridized carbons (Fsp3) is 0.0909. The highest BCUT2D eigenvalue weighted by atomic mass is 19.2. The molecule has 2 nitrogen and oxygen atoms in total. The summed E-state index contributed by atoms with van der Waals surface area (Å²) in [6.45, 7) is -0.353. The van der Waals surface area contributed by atoms with Crippen LogP contribution in [0.25, 0.3) is 0 Å². The molecule has 1 aromatic rings. The van der Waals surface area contributed by atoms with E-state index in [0.29, 0.717) is 6.08 Å². The van der Waals surface area contributed by atoms with E-state index in [1.54, 1.807) is 0 Å². The number of hydrogen-bond acceptors (Lipinski definition) is 2. The predicted molar refractivity (Wildman–Crippen MR) is 57.1 cm³/mol. The summed E-state index contributed by atoms with van der Waals surface area (Å²) < 4.78 is 35.8. The molecule has 5 heteroatoms. The zero-order valence-corrected chi connectivity index (χ0v) is 8.41. The van der Waals surface area contributed by atoms with Crippen molar-refractivity contribution < 1.29 is 13.3 Å². The van der Waals surface area contributed by atoms with Gasteiger partial charge in [-0.05, 0) is 18.2 Å². The molecule has 0 bridgehead atoms. The highest BCUT2D eigenvalue weighted by Crippen LogP contribution is 2.16. The predicted octanol–water partition coefficient (Wildman–Crippen LogP) is 3.12. The van der Waals surface area contributed by atoms with Gasteiger partial charge in [0.1, 0.15) is 5.83 Å². The summed E-state index contributed by atoms with van der Waals surface area (Å²) in [5.74, 6) is -1.92. The van der Waals surface area contributed by atoms with Gasteiger partial charge in [0, 0.05) is 11.8 Å². The highest BCUT2D eigenvalue weighted by molar-refractivity contribution is 5.35. The lowest BCUT2D eigenvalue weighted by Crippen LogP contribution is -2.12. The number of nitrogens with two attached hydrogens (primary N) is 1. The van der Waals surface area contributed by atoms with Crippen molar-refractivity contribution in [1.29, 1.82) is 0 Å². The normalized spacial score (nSPS) is 14.6. The molecule has 1 aromatic carbocycles. The van der Waals surface area contributed by atoms with Crippen molar-refractivity contribution in [2.75, 3.05) is 12.3 Å². The van der Waals surface area contributed by atoms with Gasteiger partial charge in [0.2, 0.25) is 5.95 Å². The minimum absolute atomic E-state index is 0.178. The van der Waals surface area contributed by atoms with Crippen LogP contribution in [0.3, 0.4) is 0 Å². The molecule has 0 unspecified atom stereocenters. The first-order chi connectivity index (χ1) is 7.59. The standard InChI is InChI=1S/C6H7N.C5H4F3N/c7-6-4-2-1-3-5-6;6-4-1-2-9(8)5(7)3-4/h1-5H,7H2;1,3H,2H2. The number of rotatable bonds is 0. The first-order valence-electron chi connectivity index (χ1n) is 4.56. The van der Waals surface area contributed by atoms with Gasteiger partial charge in [-0.25, -0.2) is 4.39 Å². The molecule has 16 heavy (non-hydrogen) atoms. The molecule has 0 fully saturated rings. The average molecular weight is 228 g/mol. The molecule has 0 atom stereocenters. The number of halogens is 3. The van der Waals surface area contributed by atoms with Crippen LogP contribution in [-0.4, -0.2) is 11.7 Å². The topological polar surface area (TPSA) is 29.3 Å². The maximum atomic E-state index is 12.0. The van der Waals surface area contributed by atoms with E-state index in [4.69, 9.17) is 5.73 Å². The molecule has 2 N–H and O–H groups in total. The van der Waals surface area contributed by atoms with E-state index in [2.05, 4.69) is 0 Å². The zero-order chi connectivity index (χ0) is 12.0. The molecule has 2 rings (SSSR count). The van der Waals surface area contributed by atoms with Gasteiger partial charge in [0.05, 0.1) is 6.54 Å². The van der Waals surface area contributed by atoms with Crippen LogP contribution in [0, 0.1) is 0 Å². The van der Waals surface area contributed by atoms with E-state index in [-0.39, 0.29) is 11.7 Å². The smallest absolute Gasteiger partial charge is 0.220 e. The Morgan fingerprint density at radius 3 is 2.12 bits per heavy atom. The third-order valence-electron chi connectivity index (χ3n) is 1.73. The van der Waals surface area contributed by atoms with Gasteiger partial charge in [-0.1, -0.05) is 22.7 Å². The van der Waals surface area contributed by atoms with Crippen LogP contribution in [0.5, 0.6) is 0 Å². The van der Waals surface area contributed by atoms with Crippen molar-refractivity contribution in [2.45, 2.75) is 0 Å². The Bertz CT molecular complexity index is 387. The molecule has 0 saturated carbocycles. The van der Waals surface area contributed by atoms with Crippen molar-refractivity contribution in [3.8, 4) is 0 Å². The van der Waals surface area contributed by atoms with Crippen LogP contribution < -0.4 is 5.73 Å². The second-order valence-electron chi connectivity index (χ2n) is 3.01. The number of para-hydroxylation sites is 1. The van der Waals surface area contributed by atoms with Gasteiger partial charge in [-0.2, -0.15) is 9.51 Å². The third-order valence-corrected chi connectivity index (χ3v) is 1.73. The lowest BCUT2D eigenvalue weighted by Gasteiger charge is -2.10. The van der Waals surface area contributed by atoms with Crippen LogP contribution in [0.15, 0.2) is 54.3 Å². The Kier molecular flexibility index (Phi) is 4.44. The van der Waals surface area contributed by atoms with Crippen LogP contribution in [-0.2, 0) is 0 Å². The third kappa shape index (κ3) is 4.08. The summed E-state index contributed by atoms with van der Waals surface area (Å²) >= 11 is 0. The van der Waals surface area contributed by atoms with Crippen LogP contribution in [0.1, 0.15) is 0 Å². The Labute approximate surface area is 91.4 Å². The molecule has 86 valence electrons. The zero-order valence-electron chi connectivity index (χ0n) is 8.41. The molecule has 0 spiro atoms. The van der Waals surface area contributed by atoms with E-state index in [0.717, 1.165) is 11.8 Å². The summed E-state index contributed by atoms with van der Waals surface area (Å²) in [4.78, 5) is 0. The second-order valence-corrected chi connectivity index (χ2v) is 3.01. The van der Waals surface area contributed by atoms with Crippen molar-refractivity contribution in [2.24, 2.45) is 0 Å². The highest BCUT2D eigenvalue weighted by Gasteiger charge is 2.11. The molecular formula is C11H11F3N2. The first-order valence-corrected chi connectivity index (χ1v) is 4.56. The van der Waals surface area contributed by atoms with Crippen molar-refractivity contribution in [1.82, 2.24) is 5.12 Å². The van der Waals surface area contributed by atoms with Gasteiger partial charge in [-0.15, -0.1) is 0 Å². The molecule has 1 heterocycles. The number of allylic oxidation sites excluding steroid dienone is 2. The van der Waals surface area contributed by atoms with E-state index < -0.39 is 11.8 Å². The molecule has 0 aromatic heterocycles. The van der Waals surface area contributed by atoms with Gasteiger partial charge in [0.15, 0.2) is 0 Å². The Balaban J connectivity index is 0.000000165. The monoisotopic (exact) mass is 228 g/mol. The molecule has 0 saturated heterocycles. The number of hydrogen-bond donors (Lipinski definition) is 1. The second kappa shape index (κ2) is 5.85. The maximum absolute atomic E-state index is 12.0. The minimum Gasteiger partial charge on any atom is -0.399 e. The van der Waals surface area contributed by atoms with Crippen molar-refractivity contribution >= 4 is 5.69 Å². The van der Waals surface area contributed by atoms with Crippen LogP contribution >= 0.6 is 0 Å². The summed E-state index contributed by atoms with van der Waals surface area (Å²) in [5, 5.41) is -0.178. The molecule has 0 aliphatic carbocycles. The van der Waals surface area contributed by atoms with Gasteiger partial charge >= 0.3 is 0 Å². The summed E-state index contributed by atoms with van der Waals surface area (Å²) in [7, 11) is 0. The van der Waals surface area contributed by atoms with Crippen molar-refractivity contribution in [3.63, 3.8) is 0 Å². The number of nitrogen functional groups attached to an aromatic ring is 1. The molecule has 1 aliphatic heterocycles. The van der Waals surface area contributed by atoms with Gasteiger partial charge in [0.25, 0.3) is 0 Å². The van der Waals surface area contributed by atoms with Crippen LogP contribution in [0.2, 0.25) is 0 Å². The van der Waals surface area contributed by atoms with Crippen LogP contribution in [0.4, 0.5) is 18.9 Å². The fourth-order valence-corrected chi connectivity index (χ4v) is 0.950. The molecular weight excluding hydrogens is 217 g/mol. The van der Waals surface area contributed by atoms with E-state index in [1.807, 2.05) is 30.3 Å². The number of nitrogens with zero attached hydrogens (tertiary/aromatic N) is 1. The van der Waals surface area contributed by atoms with Gasteiger partial charge < -0.3 is 5.73 Å². The number of benzene rings is 1. The fourth-order valence-electron chi connectivity index (χ4n) is 0.950. The quantitative estimate of drug-likeness (QED) is 0.420. The Hall–Kier alpha value is -1.91. The lowest BCUT2D eigenvalue weighted by atomic mass is 10.3. The maximum Gasteiger partial charge on any atom is 0.220 e. The molecule has 0 amide bonds. The average Bonchev–Trinajstić information content (AvgIpc) is 2.26.